The number of nitrogens with one attached hydrogen (secondary N) is 2. The van der Waals surface area contributed by atoms with E-state index in [4.69, 9.17) is 10.6 Å². The summed E-state index contributed by atoms with van der Waals surface area (Å²) in [6.45, 7) is 10.00. The monoisotopic (exact) mass is 294 g/mol. The first kappa shape index (κ1) is 17.4. The summed E-state index contributed by atoms with van der Waals surface area (Å²) in [6.07, 6.45) is 0.790. The molecule has 0 unspecified atom stereocenters. The van der Waals surface area contributed by atoms with Gasteiger partial charge in [0, 0.05) is 36.4 Å². The number of nitrogens with two attached hydrogens (primary N) is 1. The van der Waals surface area contributed by atoms with Crippen LogP contribution in [0.25, 0.3) is 0 Å². The van der Waals surface area contributed by atoms with Crippen molar-refractivity contribution < 1.29 is 9.53 Å². The molecule has 0 saturated carbocycles. The minimum absolute atomic E-state index is 0.129. The van der Waals surface area contributed by atoms with Crippen LogP contribution in [0.3, 0.4) is 0 Å². The van der Waals surface area contributed by atoms with Gasteiger partial charge in [-0.15, -0.1) is 0 Å². The number of carbonyl (C=O) groups is 1. The van der Waals surface area contributed by atoms with Crippen LogP contribution in [0.2, 0.25) is 0 Å². The molecule has 118 valence electrons. The lowest BCUT2D eigenvalue weighted by Gasteiger charge is -2.19. The molecular formula is C15H26N4O2. The van der Waals surface area contributed by atoms with E-state index in [1.807, 2.05) is 27.7 Å². The molecule has 0 bridgehead atoms. The Morgan fingerprint density at radius 3 is 2.67 bits per heavy atom. The fourth-order valence-electron chi connectivity index (χ4n) is 1.74. The molecule has 4 N–H and O–H groups in total. The van der Waals surface area contributed by atoms with E-state index < -0.39 is 0 Å². The second-order valence-electron chi connectivity index (χ2n) is 5.83. The zero-order valence-corrected chi connectivity index (χ0v) is 13.3. The Morgan fingerprint density at radius 2 is 2.10 bits per heavy atom. The average Bonchev–Trinajstić information content (AvgIpc) is 2.45. The Bertz CT molecular complexity index is 469. The number of pyridine rings is 1. The molecule has 0 aliphatic rings. The standard InChI is InChI=1S/C15H26N4O2/c1-5-21-8-6-7-17-14(20)11-9-12(15(2,3)4)18-13(10-11)19-16/h9-10H,5-8,16H2,1-4H3,(H,17,20)(H,18,19). The van der Waals surface area contributed by atoms with E-state index in [-0.39, 0.29) is 11.3 Å². The number of aromatic nitrogens is 1. The summed E-state index contributed by atoms with van der Waals surface area (Å²) in [7, 11) is 0. The Kier molecular flexibility index (Phi) is 6.58. The van der Waals surface area contributed by atoms with Crippen LogP contribution in [0, 0.1) is 0 Å². The van der Waals surface area contributed by atoms with Crippen molar-refractivity contribution in [2.75, 3.05) is 25.2 Å². The Morgan fingerprint density at radius 1 is 1.38 bits per heavy atom. The van der Waals surface area contributed by atoms with Gasteiger partial charge in [0.15, 0.2) is 0 Å². The first-order valence-electron chi connectivity index (χ1n) is 7.23. The fraction of sp³-hybridized carbons (Fsp3) is 0.600. The van der Waals surface area contributed by atoms with E-state index in [1.54, 1.807) is 12.1 Å². The molecule has 1 rings (SSSR count). The highest BCUT2D eigenvalue weighted by molar-refractivity contribution is 5.95. The number of ether oxygens (including phenoxy) is 1. The second-order valence-corrected chi connectivity index (χ2v) is 5.83. The van der Waals surface area contributed by atoms with Crippen LogP contribution in [0.1, 0.15) is 50.2 Å². The summed E-state index contributed by atoms with van der Waals surface area (Å²) >= 11 is 0. The molecular weight excluding hydrogens is 268 g/mol. The summed E-state index contributed by atoms with van der Waals surface area (Å²) in [4.78, 5) is 16.6. The summed E-state index contributed by atoms with van der Waals surface area (Å²) in [5.41, 5.74) is 3.72. The minimum Gasteiger partial charge on any atom is -0.382 e. The quantitative estimate of drug-likeness (QED) is 0.405. The van der Waals surface area contributed by atoms with Gasteiger partial charge in [0.2, 0.25) is 0 Å². The van der Waals surface area contributed by atoms with Gasteiger partial charge < -0.3 is 15.5 Å². The Balaban J connectivity index is 2.74. The molecule has 1 aromatic heterocycles. The lowest BCUT2D eigenvalue weighted by molar-refractivity contribution is 0.0944. The third kappa shape index (κ3) is 5.69. The number of rotatable bonds is 7. The van der Waals surface area contributed by atoms with Gasteiger partial charge in [-0.05, 0) is 25.5 Å². The number of carbonyl (C=O) groups excluding carboxylic acids is 1. The van der Waals surface area contributed by atoms with Crippen molar-refractivity contribution in [2.24, 2.45) is 5.84 Å². The van der Waals surface area contributed by atoms with Crippen molar-refractivity contribution in [2.45, 2.75) is 39.5 Å². The van der Waals surface area contributed by atoms with Crippen LogP contribution in [-0.4, -0.2) is 30.6 Å². The summed E-state index contributed by atoms with van der Waals surface area (Å²) < 4.78 is 5.23. The maximum atomic E-state index is 12.2. The van der Waals surface area contributed by atoms with Crippen LogP contribution >= 0.6 is 0 Å². The maximum absolute atomic E-state index is 12.2. The molecule has 0 saturated heterocycles. The summed E-state index contributed by atoms with van der Waals surface area (Å²) in [5.74, 6) is 5.78. The highest BCUT2D eigenvalue weighted by Gasteiger charge is 2.19. The zero-order chi connectivity index (χ0) is 15.9. The van der Waals surface area contributed by atoms with E-state index in [1.165, 1.54) is 0 Å². The van der Waals surface area contributed by atoms with Gasteiger partial charge in [-0.2, -0.15) is 0 Å². The molecule has 1 heterocycles. The first-order chi connectivity index (χ1) is 9.88. The van der Waals surface area contributed by atoms with Crippen molar-refractivity contribution in [1.82, 2.24) is 10.3 Å². The number of anilines is 1. The number of nitrogens with zero attached hydrogens (tertiary/aromatic N) is 1. The minimum atomic E-state index is -0.156. The molecule has 0 aliphatic carbocycles. The molecule has 6 heteroatoms. The number of nitrogen functional groups attached to an aromatic ring is 1. The number of hydrogen-bond acceptors (Lipinski definition) is 5. The van der Waals surface area contributed by atoms with Crippen LogP contribution < -0.4 is 16.6 Å². The predicted molar refractivity (Wildman–Crippen MR) is 84.2 cm³/mol. The molecule has 0 aliphatic heterocycles. The van der Waals surface area contributed by atoms with Crippen molar-refractivity contribution in [3.63, 3.8) is 0 Å². The summed E-state index contributed by atoms with van der Waals surface area (Å²) in [5, 5.41) is 2.87. The molecule has 0 spiro atoms. The number of hydrazine groups is 1. The van der Waals surface area contributed by atoms with E-state index in [9.17, 15) is 4.79 Å². The first-order valence-corrected chi connectivity index (χ1v) is 7.23. The smallest absolute Gasteiger partial charge is 0.251 e. The normalized spacial score (nSPS) is 11.3. The van der Waals surface area contributed by atoms with Gasteiger partial charge in [0.25, 0.3) is 5.91 Å². The lowest BCUT2D eigenvalue weighted by Crippen LogP contribution is -2.27. The third-order valence-electron chi connectivity index (χ3n) is 2.96. The molecule has 0 radical (unpaired) electrons. The van der Waals surface area contributed by atoms with Crippen LogP contribution in [0.5, 0.6) is 0 Å². The maximum Gasteiger partial charge on any atom is 0.251 e. The van der Waals surface area contributed by atoms with Gasteiger partial charge >= 0.3 is 0 Å². The Labute approximate surface area is 126 Å². The fourth-order valence-corrected chi connectivity index (χ4v) is 1.74. The van der Waals surface area contributed by atoms with Gasteiger partial charge in [0.1, 0.15) is 5.82 Å². The van der Waals surface area contributed by atoms with Crippen LogP contribution in [0.4, 0.5) is 5.82 Å². The number of hydrogen-bond donors (Lipinski definition) is 3. The molecule has 0 aromatic carbocycles. The van der Waals surface area contributed by atoms with Crippen molar-refractivity contribution in [3.8, 4) is 0 Å². The van der Waals surface area contributed by atoms with Crippen molar-refractivity contribution in [3.05, 3.63) is 23.4 Å². The molecule has 21 heavy (non-hydrogen) atoms. The molecule has 1 amide bonds. The number of amides is 1. The van der Waals surface area contributed by atoms with Crippen LogP contribution in [0.15, 0.2) is 12.1 Å². The van der Waals surface area contributed by atoms with Crippen molar-refractivity contribution >= 4 is 11.7 Å². The van der Waals surface area contributed by atoms with E-state index in [2.05, 4.69) is 15.7 Å². The molecule has 1 aromatic rings. The van der Waals surface area contributed by atoms with Gasteiger partial charge in [-0.3, -0.25) is 4.79 Å². The lowest BCUT2D eigenvalue weighted by atomic mass is 9.90. The van der Waals surface area contributed by atoms with Gasteiger partial charge in [-0.25, -0.2) is 10.8 Å². The van der Waals surface area contributed by atoms with Crippen LogP contribution in [-0.2, 0) is 10.2 Å². The van der Waals surface area contributed by atoms with E-state index in [0.29, 0.717) is 31.1 Å². The van der Waals surface area contributed by atoms with E-state index in [0.717, 1.165) is 12.1 Å². The van der Waals surface area contributed by atoms with Crippen molar-refractivity contribution in [1.29, 1.82) is 0 Å². The molecule has 0 atom stereocenters. The van der Waals surface area contributed by atoms with Gasteiger partial charge in [-0.1, -0.05) is 20.8 Å². The highest BCUT2D eigenvalue weighted by atomic mass is 16.5. The topological polar surface area (TPSA) is 89.3 Å². The van der Waals surface area contributed by atoms with Gasteiger partial charge in [0.05, 0.1) is 0 Å². The highest BCUT2D eigenvalue weighted by Crippen LogP contribution is 2.23. The predicted octanol–water partition coefficient (Wildman–Crippen LogP) is 1.82. The molecule has 0 fully saturated rings. The zero-order valence-electron chi connectivity index (χ0n) is 13.3. The summed E-state index contributed by atoms with van der Waals surface area (Å²) in [6, 6.07) is 3.45. The Hall–Kier alpha value is -1.66. The average molecular weight is 294 g/mol. The SMILES string of the molecule is CCOCCCNC(=O)c1cc(NN)nc(C(C)(C)C)c1. The molecule has 6 nitrogen and oxygen atoms in total. The largest absolute Gasteiger partial charge is 0.382 e. The third-order valence-corrected chi connectivity index (χ3v) is 2.96. The van der Waals surface area contributed by atoms with E-state index >= 15 is 0 Å². The second kappa shape index (κ2) is 7.95.